The van der Waals surface area contributed by atoms with Gasteiger partial charge in [-0.15, -0.1) is 24.0 Å². The van der Waals surface area contributed by atoms with Crippen LogP contribution in [0.2, 0.25) is 0 Å². The van der Waals surface area contributed by atoms with E-state index >= 15 is 0 Å². The molecule has 0 saturated carbocycles. The molecule has 1 unspecified atom stereocenters. The third-order valence-corrected chi connectivity index (χ3v) is 5.64. The van der Waals surface area contributed by atoms with Crippen molar-refractivity contribution in [1.82, 2.24) is 20.4 Å². The Kier molecular flexibility index (Phi) is 9.26. The Labute approximate surface area is 182 Å². The maximum Gasteiger partial charge on any atom is 0.191 e. The summed E-state index contributed by atoms with van der Waals surface area (Å²) in [5.41, 5.74) is 1.94. The van der Waals surface area contributed by atoms with E-state index in [9.17, 15) is 0 Å². The molecule has 2 heterocycles. The first-order valence-corrected chi connectivity index (χ1v) is 10.2. The molecular formula is C19H28IN5OS. The largest absolute Gasteiger partial charge is 0.497 e. The van der Waals surface area contributed by atoms with Gasteiger partial charge in [0.15, 0.2) is 5.96 Å². The summed E-state index contributed by atoms with van der Waals surface area (Å²) < 4.78 is 7.06. The summed E-state index contributed by atoms with van der Waals surface area (Å²) in [4.78, 5) is 4.67. The third kappa shape index (κ3) is 6.60. The number of benzene rings is 1. The second-order valence-corrected chi connectivity index (χ2v) is 7.57. The molecule has 3 rings (SSSR count). The van der Waals surface area contributed by atoms with Gasteiger partial charge >= 0.3 is 0 Å². The number of hydrogen-bond donors (Lipinski definition) is 2. The molecular weight excluding hydrogens is 473 g/mol. The van der Waals surface area contributed by atoms with Crippen LogP contribution in [0.25, 0.3) is 5.69 Å². The van der Waals surface area contributed by atoms with Gasteiger partial charge in [-0.1, -0.05) is 0 Å². The van der Waals surface area contributed by atoms with Crippen LogP contribution in [0.1, 0.15) is 25.5 Å². The van der Waals surface area contributed by atoms with Crippen LogP contribution < -0.4 is 15.4 Å². The van der Waals surface area contributed by atoms with Crippen LogP contribution in [0.5, 0.6) is 5.75 Å². The minimum absolute atomic E-state index is 0. The summed E-state index contributed by atoms with van der Waals surface area (Å²) in [6.45, 7) is 4.46. The number of guanidine groups is 1. The Bertz CT molecular complexity index is 713. The molecule has 1 fully saturated rings. The summed E-state index contributed by atoms with van der Waals surface area (Å²) >= 11 is 2.05. The highest BCUT2D eigenvalue weighted by Crippen LogP contribution is 2.25. The molecule has 1 aromatic heterocycles. The fraction of sp³-hybridized carbons (Fsp3) is 0.474. The number of methoxy groups -OCH3 is 1. The molecule has 0 aliphatic carbocycles. The maximum atomic E-state index is 5.20. The molecule has 1 aromatic carbocycles. The van der Waals surface area contributed by atoms with Crippen molar-refractivity contribution < 1.29 is 4.74 Å². The van der Waals surface area contributed by atoms with Gasteiger partial charge in [-0.25, -0.2) is 9.67 Å². The van der Waals surface area contributed by atoms with Crippen molar-refractivity contribution in [2.75, 3.05) is 26.0 Å². The zero-order chi connectivity index (χ0) is 18.2. The number of hydrogen-bond acceptors (Lipinski definition) is 4. The van der Waals surface area contributed by atoms with E-state index in [4.69, 9.17) is 4.74 Å². The highest BCUT2D eigenvalue weighted by atomic mass is 127. The second-order valence-electron chi connectivity index (χ2n) is 6.16. The van der Waals surface area contributed by atoms with Crippen LogP contribution >= 0.6 is 35.7 Å². The van der Waals surface area contributed by atoms with E-state index < -0.39 is 0 Å². The molecule has 27 heavy (non-hydrogen) atoms. The molecule has 0 spiro atoms. The first-order chi connectivity index (χ1) is 12.8. The van der Waals surface area contributed by atoms with Crippen LogP contribution in [0.4, 0.5) is 0 Å². The summed E-state index contributed by atoms with van der Waals surface area (Å²) in [5.74, 6) is 2.98. The summed E-state index contributed by atoms with van der Waals surface area (Å²) in [6, 6.07) is 9.85. The van der Waals surface area contributed by atoms with Crippen LogP contribution in [-0.2, 0) is 6.54 Å². The van der Waals surface area contributed by atoms with Gasteiger partial charge in [0, 0.05) is 24.5 Å². The molecule has 1 saturated heterocycles. The van der Waals surface area contributed by atoms with Crippen molar-refractivity contribution in [2.24, 2.45) is 4.99 Å². The molecule has 148 valence electrons. The van der Waals surface area contributed by atoms with Crippen molar-refractivity contribution in [3.63, 3.8) is 0 Å². The minimum Gasteiger partial charge on any atom is -0.497 e. The highest BCUT2D eigenvalue weighted by molar-refractivity contribution is 14.0. The summed E-state index contributed by atoms with van der Waals surface area (Å²) in [7, 11) is 1.67. The van der Waals surface area contributed by atoms with Crippen LogP contribution in [0.15, 0.2) is 41.5 Å². The number of rotatable bonds is 7. The highest BCUT2D eigenvalue weighted by Gasteiger charge is 2.15. The first kappa shape index (κ1) is 21.9. The number of nitrogens with one attached hydrogen (secondary N) is 2. The van der Waals surface area contributed by atoms with Crippen molar-refractivity contribution >= 4 is 41.7 Å². The third-order valence-electron chi connectivity index (χ3n) is 4.25. The number of thioether (sulfide) groups is 1. The Morgan fingerprint density at radius 1 is 1.30 bits per heavy atom. The molecule has 8 heteroatoms. The van der Waals surface area contributed by atoms with Gasteiger partial charge in [0.05, 0.1) is 25.0 Å². The van der Waals surface area contributed by atoms with Crippen molar-refractivity contribution in [2.45, 2.75) is 31.6 Å². The Balaban J connectivity index is 0.00000261. The van der Waals surface area contributed by atoms with Crippen LogP contribution in [0, 0.1) is 0 Å². The molecule has 0 bridgehead atoms. The number of halogens is 1. The van der Waals surface area contributed by atoms with Gasteiger partial charge in [0.2, 0.25) is 0 Å². The van der Waals surface area contributed by atoms with Crippen molar-refractivity contribution in [1.29, 1.82) is 0 Å². The Morgan fingerprint density at radius 3 is 2.78 bits per heavy atom. The zero-order valence-corrected chi connectivity index (χ0v) is 19.0. The van der Waals surface area contributed by atoms with Crippen molar-refractivity contribution in [3.05, 3.63) is 42.2 Å². The lowest BCUT2D eigenvalue weighted by Gasteiger charge is -2.14. The fourth-order valence-corrected chi connectivity index (χ4v) is 4.04. The fourth-order valence-electron chi connectivity index (χ4n) is 2.84. The number of nitrogens with zero attached hydrogens (tertiary/aromatic N) is 3. The topological polar surface area (TPSA) is 63.5 Å². The van der Waals surface area contributed by atoms with Crippen molar-refractivity contribution in [3.8, 4) is 11.4 Å². The Morgan fingerprint density at radius 2 is 2.11 bits per heavy atom. The minimum atomic E-state index is 0. The summed E-state index contributed by atoms with van der Waals surface area (Å²) in [5, 5.41) is 12.1. The van der Waals surface area contributed by atoms with Gasteiger partial charge in [-0.2, -0.15) is 16.9 Å². The average molecular weight is 501 g/mol. The smallest absolute Gasteiger partial charge is 0.191 e. The van der Waals surface area contributed by atoms with Gasteiger partial charge in [-0.3, -0.25) is 0 Å². The lowest BCUT2D eigenvalue weighted by molar-refractivity contribution is 0.414. The van der Waals surface area contributed by atoms with Crippen LogP contribution in [-0.4, -0.2) is 46.9 Å². The molecule has 1 aliphatic rings. The average Bonchev–Trinajstić information content (AvgIpc) is 3.36. The number of ether oxygens (including phenoxy) is 1. The van der Waals surface area contributed by atoms with Gasteiger partial charge in [0.1, 0.15) is 5.75 Å². The molecule has 6 nitrogen and oxygen atoms in total. The standard InChI is InChI=1S/C19H27N5OS.HI/c1-3-20-19(22-14-18-5-4-12-26-18)21-13-15-10-11-24(23-15)16-6-8-17(25-2)9-7-16;/h6-11,18H,3-5,12-14H2,1-2H3,(H2,20,21,22);1H. The second kappa shape index (κ2) is 11.4. The SMILES string of the molecule is CCNC(=NCc1ccn(-c2ccc(OC)cc2)n1)NCC1CCCS1.I. The number of aromatic nitrogens is 2. The lowest BCUT2D eigenvalue weighted by atomic mass is 10.2. The van der Waals surface area contributed by atoms with E-state index in [1.807, 2.05) is 41.2 Å². The molecule has 1 atom stereocenters. The van der Waals surface area contributed by atoms with E-state index in [-0.39, 0.29) is 24.0 Å². The predicted octanol–water partition coefficient (Wildman–Crippen LogP) is 3.45. The van der Waals surface area contributed by atoms with Gasteiger partial charge < -0.3 is 15.4 Å². The van der Waals surface area contributed by atoms with E-state index in [0.717, 1.165) is 36.2 Å². The zero-order valence-electron chi connectivity index (χ0n) is 15.9. The van der Waals surface area contributed by atoms with Gasteiger partial charge in [0.25, 0.3) is 0 Å². The van der Waals surface area contributed by atoms with E-state index in [1.54, 1.807) is 7.11 Å². The normalized spacial score (nSPS) is 16.7. The quantitative estimate of drug-likeness (QED) is 0.346. The van der Waals surface area contributed by atoms with E-state index in [1.165, 1.54) is 18.6 Å². The Hall–Kier alpha value is -1.42. The molecule has 2 aromatic rings. The van der Waals surface area contributed by atoms with Gasteiger partial charge in [-0.05, 0) is 55.9 Å². The lowest BCUT2D eigenvalue weighted by Crippen LogP contribution is -2.40. The molecule has 1 aliphatic heterocycles. The molecule has 0 radical (unpaired) electrons. The molecule has 0 amide bonds. The van der Waals surface area contributed by atoms with E-state index in [0.29, 0.717) is 11.8 Å². The van der Waals surface area contributed by atoms with E-state index in [2.05, 4.69) is 39.4 Å². The summed E-state index contributed by atoms with van der Waals surface area (Å²) in [6.07, 6.45) is 4.58. The first-order valence-electron chi connectivity index (χ1n) is 9.11. The monoisotopic (exact) mass is 501 g/mol. The number of aliphatic imine (C=N–C) groups is 1. The van der Waals surface area contributed by atoms with Crippen LogP contribution in [0.3, 0.4) is 0 Å². The maximum absolute atomic E-state index is 5.20. The predicted molar refractivity (Wildman–Crippen MR) is 124 cm³/mol. The molecule has 2 N–H and O–H groups in total.